The third kappa shape index (κ3) is 4.38. The highest BCUT2D eigenvalue weighted by Crippen LogP contribution is 2.37. The Morgan fingerprint density at radius 2 is 2.15 bits per heavy atom. The van der Waals surface area contributed by atoms with Crippen LogP contribution in [0.25, 0.3) is 0 Å². The van der Waals surface area contributed by atoms with Gasteiger partial charge in [-0.15, -0.1) is 0 Å². The molecule has 1 aromatic carbocycles. The topological polar surface area (TPSA) is 66.8 Å². The number of phenols is 1. The van der Waals surface area contributed by atoms with Crippen LogP contribution in [0.5, 0.6) is 5.75 Å². The molecule has 0 fully saturated rings. The van der Waals surface area contributed by atoms with Gasteiger partial charge in [-0.1, -0.05) is 19.9 Å². The minimum Gasteiger partial charge on any atom is -0.505 e. The molecule has 4 nitrogen and oxygen atoms in total. The molecule has 0 aliphatic rings. The second kappa shape index (κ2) is 6.95. The van der Waals surface area contributed by atoms with Crippen LogP contribution in [0, 0.1) is 11.2 Å². The van der Waals surface area contributed by atoms with Gasteiger partial charge in [0.25, 0.3) is 0 Å². The molecule has 0 saturated heterocycles. The van der Waals surface area contributed by atoms with Crippen LogP contribution in [0.2, 0.25) is 0 Å². The molecule has 112 valence electrons. The highest BCUT2D eigenvalue weighted by Gasteiger charge is 2.29. The van der Waals surface area contributed by atoms with E-state index < -0.39 is 29.1 Å². The number of halogens is 1. The number of hydrogen-bond acceptors (Lipinski definition) is 5. The van der Waals surface area contributed by atoms with Gasteiger partial charge in [-0.2, -0.15) is 12.6 Å². The molecule has 0 spiro atoms. The number of aliphatic hydroxyl groups excluding tert-OH is 1. The summed E-state index contributed by atoms with van der Waals surface area (Å²) in [5, 5.41) is 19.4. The first kappa shape index (κ1) is 16.8. The Balaban J connectivity index is 2.70. The average molecular weight is 302 g/mol. The van der Waals surface area contributed by atoms with Crippen LogP contribution in [-0.4, -0.2) is 28.5 Å². The van der Waals surface area contributed by atoms with E-state index in [1.807, 2.05) is 0 Å². The van der Waals surface area contributed by atoms with Gasteiger partial charge in [0, 0.05) is 0 Å². The molecule has 20 heavy (non-hydrogen) atoms. The number of hydrogen-bond donors (Lipinski definition) is 3. The summed E-state index contributed by atoms with van der Waals surface area (Å²) in [4.78, 5) is 11.0. The number of ether oxygens (including phenoxy) is 1. The molecule has 0 saturated carbocycles. The van der Waals surface area contributed by atoms with E-state index >= 15 is 0 Å². The standard InChI is InChI=1S/C14H19FO4S/c1-14(2,5-6-19-12(17)8-20)13(18)9-3-4-11(16)10(15)7-9/h3-4,7,13,16,18,20H,5-6,8H2,1-2H3/t13-/m1/s1. The summed E-state index contributed by atoms with van der Waals surface area (Å²) in [6.07, 6.45) is -0.525. The van der Waals surface area contributed by atoms with Gasteiger partial charge in [0.05, 0.1) is 18.5 Å². The minimum absolute atomic E-state index is 0.00611. The van der Waals surface area contributed by atoms with Crippen molar-refractivity contribution in [1.29, 1.82) is 0 Å². The molecule has 1 atom stereocenters. The summed E-state index contributed by atoms with van der Waals surface area (Å²) in [7, 11) is 0. The molecule has 1 rings (SSSR count). The van der Waals surface area contributed by atoms with Crippen LogP contribution in [-0.2, 0) is 9.53 Å². The number of benzene rings is 1. The number of aromatic hydroxyl groups is 1. The van der Waals surface area contributed by atoms with Crippen LogP contribution in [0.15, 0.2) is 18.2 Å². The summed E-state index contributed by atoms with van der Waals surface area (Å²) >= 11 is 3.79. The molecule has 0 aromatic heterocycles. The molecule has 1 aromatic rings. The molecule has 0 heterocycles. The van der Waals surface area contributed by atoms with Gasteiger partial charge >= 0.3 is 5.97 Å². The SMILES string of the molecule is CC(C)(CCOC(=O)CS)[C@H](O)c1ccc(O)c(F)c1. The molecule has 0 unspecified atom stereocenters. The Labute approximate surface area is 123 Å². The fraction of sp³-hybridized carbons (Fsp3) is 0.500. The van der Waals surface area contributed by atoms with Gasteiger partial charge in [-0.25, -0.2) is 4.39 Å². The Kier molecular flexibility index (Phi) is 5.83. The number of carbonyl (C=O) groups is 1. The van der Waals surface area contributed by atoms with E-state index in [1.165, 1.54) is 12.1 Å². The monoisotopic (exact) mass is 302 g/mol. The summed E-state index contributed by atoms with van der Waals surface area (Å²) in [6.45, 7) is 3.73. The Morgan fingerprint density at radius 1 is 1.50 bits per heavy atom. The molecule has 0 amide bonds. The van der Waals surface area contributed by atoms with Gasteiger partial charge in [-0.3, -0.25) is 4.79 Å². The zero-order valence-electron chi connectivity index (χ0n) is 11.5. The normalized spacial score (nSPS) is 13.1. The van der Waals surface area contributed by atoms with Crippen molar-refractivity contribution in [3.05, 3.63) is 29.6 Å². The lowest BCUT2D eigenvalue weighted by atomic mass is 9.80. The lowest BCUT2D eigenvalue weighted by Crippen LogP contribution is -2.25. The van der Waals surface area contributed by atoms with Crippen molar-refractivity contribution >= 4 is 18.6 Å². The number of rotatable bonds is 6. The number of thiol groups is 1. The van der Waals surface area contributed by atoms with Gasteiger partial charge in [0.1, 0.15) is 0 Å². The highest BCUT2D eigenvalue weighted by atomic mass is 32.1. The minimum atomic E-state index is -0.938. The van der Waals surface area contributed by atoms with Crippen molar-refractivity contribution in [2.75, 3.05) is 12.4 Å². The molecular formula is C14H19FO4S. The maximum atomic E-state index is 13.3. The van der Waals surface area contributed by atoms with Crippen LogP contribution in [0.1, 0.15) is 31.9 Å². The van der Waals surface area contributed by atoms with Crippen molar-refractivity contribution < 1.29 is 24.1 Å². The predicted molar refractivity (Wildman–Crippen MR) is 76.2 cm³/mol. The largest absolute Gasteiger partial charge is 0.505 e. The second-order valence-electron chi connectivity index (χ2n) is 5.23. The molecule has 6 heteroatoms. The van der Waals surface area contributed by atoms with Crippen molar-refractivity contribution in [3.8, 4) is 5.75 Å². The molecule has 0 aliphatic carbocycles. The zero-order chi connectivity index (χ0) is 15.3. The second-order valence-corrected chi connectivity index (χ2v) is 5.55. The highest BCUT2D eigenvalue weighted by molar-refractivity contribution is 7.81. The third-order valence-electron chi connectivity index (χ3n) is 3.17. The predicted octanol–water partition coefficient (Wildman–Crippen LogP) is 2.45. The maximum Gasteiger partial charge on any atom is 0.315 e. The van der Waals surface area contributed by atoms with E-state index in [0.29, 0.717) is 12.0 Å². The third-order valence-corrected chi connectivity index (χ3v) is 3.42. The van der Waals surface area contributed by atoms with Crippen molar-refractivity contribution in [3.63, 3.8) is 0 Å². The average Bonchev–Trinajstić information content (AvgIpc) is 2.40. The summed E-state index contributed by atoms with van der Waals surface area (Å²) in [6, 6.07) is 3.76. The number of esters is 1. The van der Waals surface area contributed by atoms with Crippen molar-refractivity contribution in [1.82, 2.24) is 0 Å². The lowest BCUT2D eigenvalue weighted by molar-refractivity contribution is -0.141. The first-order chi connectivity index (χ1) is 9.27. The van der Waals surface area contributed by atoms with Crippen LogP contribution < -0.4 is 0 Å². The first-order valence-corrected chi connectivity index (χ1v) is 6.84. The van der Waals surface area contributed by atoms with Crippen LogP contribution in [0.4, 0.5) is 4.39 Å². The molecule has 0 bridgehead atoms. The van der Waals surface area contributed by atoms with E-state index in [2.05, 4.69) is 12.6 Å². The van der Waals surface area contributed by atoms with E-state index in [9.17, 15) is 14.3 Å². The van der Waals surface area contributed by atoms with Gasteiger partial charge in [0.2, 0.25) is 0 Å². The number of aliphatic hydroxyl groups is 1. The quantitative estimate of drug-likeness (QED) is 0.558. The van der Waals surface area contributed by atoms with E-state index in [-0.39, 0.29) is 12.4 Å². The molecule has 0 aliphatic heterocycles. The summed E-state index contributed by atoms with van der Waals surface area (Å²) < 4.78 is 18.2. The van der Waals surface area contributed by atoms with Crippen LogP contribution in [0.3, 0.4) is 0 Å². The number of phenolic OH excluding ortho intramolecular Hbond substituents is 1. The molecule has 2 N–H and O–H groups in total. The maximum absolute atomic E-state index is 13.3. The van der Waals surface area contributed by atoms with E-state index in [0.717, 1.165) is 6.07 Å². The smallest absolute Gasteiger partial charge is 0.315 e. The summed E-state index contributed by atoms with van der Waals surface area (Å²) in [5.41, 5.74) is -0.244. The zero-order valence-corrected chi connectivity index (χ0v) is 12.4. The fourth-order valence-corrected chi connectivity index (χ4v) is 1.85. The number of carbonyl (C=O) groups excluding carboxylic acids is 1. The van der Waals surface area contributed by atoms with Crippen molar-refractivity contribution in [2.24, 2.45) is 5.41 Å². The summed E-state index contributed by atoms with van der Waals surface area (Å²) in [5.74, 6) is -1.65. The Hall–Kier alpha value is -1.27. The first-order valence-electron chi connectivity index (χ1n) is 6.21. The fourth-order valence-electron chi connectivity index (χ4n) is 1.75. The Morgan fingerprint density at radius 3 is 2.70 bits per heavy atom. The van der Waals surface area contributed by atoms with Crippen molar-refractivity contribution in [2.45, 2.75) is 26.4 Å². The Bertz CT molecular complexity index is 476. The van der Waals surface area contributed by atoms with Gasteiger partial charge in [0.15, 0.2) is 11.6 Å². The van der Waals surface area contributed by atoms with Gasteiger partial charge < -0.3 is 14.9 Å². The lowest BCUT2D eigenvalue weighted by Gasteiger charge is -2.30. The molecule has 0 radical (unpaired) electrons. The molecular weight excluding hydrogens is 283 g/mol. The van der Waals surface area contributed by atoms with E-state index in [4.69, 9.17) is 9.84 Å². The van der Waals surface area contributed by atoms with Crippen LogP contribution >= 0.6 is 12.6 Å². The van der Waals surface area contributed by atoms with E-state index in [1.54, 1.807) is 13.8 Å². The van der Waals surface area contributed by atoms with Gasteiger partial charge in [-0.05, 0) is 29.5 Å².